The molecular formula is C16H22O4. The van der Waals surface area contributed by atoms with Crippen LogP contribution < -0.4 is 0 Å². The molecule has 0 aromatic rings. The number of ketones is 2. The average Bonchev–Trinajstić information content (AvgIpc) is 2.49. The highest BCUT2D eigenvalue weighted by atomic mass is 16.5. The zero-order chi connectivity index (χ0) is 15.8. The van der Waals surface area contributed by atoms with Crippen LogP contribution in [0.25, 0.3) is 0 Å². The average molecular weight is 278 g/mol. The van der Waals surface area contributed by atoms with E-state index in [2.05, 4.69) is 5.92 Å². The number of rotatable bonds is 4. The van der Waals surface area contributed by atoms with Crippen molar-refractivity contribution in [1.82, 2.24) is 0 Å². The topological polar surface area (TPSA) is 60.4 Å². The third-order valence-electron chi connectivity index (χ3n) is 5.07. The van der Waals surface area contributed by atoms with Crippen LogP contribution in [0.3, 0.4) is 0 Å². The minimum atomic E-state index is -1.21. The van der Waals surface area contributed by atoms with Gasteiger partial charge in [0, 0.05) is 5.41 Å². The highest BCUT2D eigenvalue weighted by molar-refractivity contribution is 6.45. The highest BCUT2D eigenvalue weighted by Crippen LogP contribution is 2.61. The first-order valence-electron chi connectivity index (χ1n) is 6.81. The van der Waals surface area contributed by atoms with Gasteiger partial charge in [0.05, 0.1) is 10.8 Å². The van der Waals surface area contributed by atoms with E-state index in [1.807, 2.05) is 6.92 Å². The molecule has 0 bridgehead atoms. The zero-order valence-corrected chi connectivity index (χ0v) is 12.8. The van der Waals surface area contributed by atoms with Gasteiger partial charge in [-0.15, -0.1) is 6.42 Å². The molecule has 2 atom stereocenters. The first-order valence-corrected chi connectivity index (χ1v) is 6.81. The quantitative estimate of drug-likeness (QED) is 0.449. The molecule has 0 aromatic heterocycles. The SMILES string of the molecule is C#CCOC(=O)C1(C)C(C)(C)C(=O)C(=O)C1(C)CCC. The Morgan fingerprint density at radius 1 is 1.20 bits per heavy atom. The van der Waals surface area contributed by atoms with Crippen molar-refractivity contribution < 1.29 is 19.1 Å². The molecule has 2 unspecified atom stereocenters. The zero-order valence-electron chi connectivity index (χ0n) is 12.8. The Morgan fingerprint density at radius 3 is 2.20 bits per heavy atom. The summed E-state index contributed by atoms with van der Waals surface area (Å²) in [6.45, 7) is 8.35. The molecule has 0 aromatic carbocycles. The van der Waals surface area contributed by atoms with Crippen LogP contribution in [0.1, 0.15) is 47.5 Å². The second-order valence-electron chi connectivity index (χ2n) is 6.27. The molecule has 1 aliphatic carbocycles. The fourth-order valence-electron chi connectivity index (χ4n) is 3.27. The molecule has 0 N–H and O–H groups in total. The maximum absolute atomic E-state index is 12.5. The molecule has 1 saturated carbocycles. The van der Waals surface area contributed by atoms with E-state index in [9.17, 15) is 14.4 Å². The van der Waals surface area contributed by atoms with Crippen LogP contribution >= 0.6 is 0 Å². The van der Waals surface area contributed by atoms with E-state index in [-0.39, 0.29) is 6.61 Å². The fourth-order valence-corrected chi connectivity index (χ4v) is 3.27. The van der Waals surface area contributed by atoms with Gasteiger partial charge in [0.15, 0.2) is 6.61 Å². The largest absolute Gasteiger partial charge is 0.452 e. The number of esters is 1. The Balaban J connectivity index is 3.43. The molecule has 4 nitrogen and oxygen atoms in total. The smallest absolute Gasteiger partial charge is 0.314 e. The van der Waals surface area contributed by atoms with E-state index in [4.69, 9.17) is 11.2 Å². The van der Waals surface area contributed by atoms with Gasteiger partial charge in [-0.3, -0.25) is 14.4 Å². The van der Waals surface area contributed by atoms with Gasteiger partial charge < -0.3 is 4.74 Å². The summed E-state index contributed by atoms with van der Waals surface area (Å²) in [4.78, 5) is 37.2. The molecule has 1 rings (SSSR count). The van der Waals surface area contributed by atoms with Crippen LogP contribution in [0, 0.1) is 28.6 Å². The van der Waals surface area contributed by atoms with Crippen LogP contribution in [0.15, 0.2) is 0 Å². The van der Waals surface area contributed by atoms with E-state index in [1.165, 1.54) is 0 Å². The molecule has 0 amide bonds. The first-order chi connectivity index (χ1) is 9.11. The van der Waals surface area contributed by atoms with Crippen molar-refractivity contribution in [2.45, 2.75) is 47.5 Å². The molecule has 0 spiro atoms. The van der Waals surface area contributed by atoms with Crippen molar-refractivity contribution in [3.63, 3.8) is 0 Å². The predicted molar refractivity (Wildman–Crippen MR) is 74.7 cm³/mol. The molecule has 4 heteroatoms. The molecule has 0 saturated heterocycles. The van der Waals surface area contributed by atoms with Gasteiger partial charge in [-0.1, -0.05) is 40.0 Å². The van der Waals surface area contributed by atoms with Gasteiger partial charge in [0.25, 0.3) is 0 Å². The van der Waals surface area contributed by atoms with Gasteiger partial charge in [-0.2, -0.15) is 0 Å². The molecule has 20 heavy (non-hydrogen) atoms. The summed E-state index contributed by atoms with van der Waals surface area (Å²) in [5, 5.41) is 0. The number of carbonyl (C=O) groups excluding carboxylic acids is 3. The molecule has 1 aliphatic rings. The monoisotopic (exact) mass is 278 g/mol. The summed E-state index contributed by atoms with van der Waals surface area (Å²) in [6.07, 6.45) is 6.26. The third kappa shape index (κ3) is 1.80. The van der Waals surface area contributed by atoms with Crippen molar-refractivity contribution in [2.75, 3.05) is 6.61 Å². The maximum Gasteiger partial charge on any atom is 0.314 e. The Hall–Kier alpha value is -1.63. The summed E-state index contributed by atoms with van der Waals surface area (Å²) in [7, 11) is 0. The summed E-state index contributed by atoms with van der Waals surface area (Å²) >= 11 is 0. The van der Waals surface area contributed by atoms with Gasteiger partial charge in [-0.25, -0.2) is 0 Å². The van der Waals surface area contributed by atoms with Crippen LogP contribution in [-0.2, 0) is 19.1 Å². The summed E-state index contributed by atoms with van der Waals surface area (Å²) in [6, 6.07) is 0. The Morgan fingerprint density at radius 2 is 1.75 bits per heavy atom. The number of terminal acetylenes is 1. The minimum Gasteiger partial charge on any atom is -0.452 e. The van der Waals surface area contributed by atoms with Crippen molar-refractivity contribution in [1.29, 1.82) is 0 Å². The molecule has 0 heterocycles. The number of hydrogen-bond donors (Lipinski definition) is 0. The van der Waals surface area contributed by atoms with Crippen LogP contribution in [0.4, 0.5) is 0 Å². The lowest BCUT2D eigenvalue weighted by Gasteiger charge is -2.43. The summed E-state index contributed by atoms with van der Waals surface area (Å²) < 4.78 is 5.07. The van der Waals surface area contributed by atoms with E-state index < -0.39 is 33.8 Å². The molecule has 0 radical (unpaired) electrons. The van der Waals surface area contributed by atoms with Crippen LogP contribution in [0.5, 0.6) is 0 Å². The van der Waals surface area contributed by atoms with Gasteiger partial charge in [0.1, 0.15) is 0 Å². The van der Waals surface area contributed by atoms with Gasteiger partial charge in [-0.05, 0) is 13.3 Å². The lowest BCUT2D eigenvalue weighted by atomic mass is 9.57. The van der Waals surface area contributed by atoms with Gasteiger partial charge >= 0.3 is 5.97 Å². The predicted octanol–water partition coefficient (Wildman–Crippen LogP) is 2.15. The van der Waals surface area contributed by atoms with Gasteiger partial charge in [0.2, 0.25) is 11.6 Å². The van der Waals surface area contributed by atoms with E-state index in [0.29, 0.717) is 12.8 Å². The Labute approximate surface area is 120 Å². The van der Waals surface area contributed by atoms with Crippen LogP contribution in [0.2, 0.25) is 0 Å². The lowest BCUT2D eigenvalue weighted by molar-refractivity contribution is -0.170. The number of Topliss-reactive ketones (excluding diaryl/α,β-unsaturated/α-hetero) is 2. The van der Waals surface area contributed by atoms with Crippen molar-refractivity contribution in [2.24, 2.45) is 16.2 Å². The van der Waals surface area contributed by atoms with Crippen molar-refractivity contribution in [3.05, 3.63) is 0 Å². The van der Waals surface area contributed by atoms with E-state index >= 15 is 0 Å². The van der Waals surface area contributed by atoms with Crippen molar-refractivity contribution in [3.8, 4) is 12.3 Å². The third-order valence-corrected chi connectivity index (χ3v) is 5.07. The Bertz CT molecular complexity index is 497. The first kappa shape index (κ1) is 16.4. The number of carbonyl (C=O) groups is 3. The van der Waals surface area contributed by atoms with E-state index in [1.54, 1.807) is 27.7 Å². The molecule has 110 valence electrons. The molecule has 0 aliphatic heterocycles. The normalized spacial score (nSPS) is 32.0. The summed E-state index contributed by atoms with van der Waals surface area (Å²) in [5.74, 6) is 0.674. The lowest BCUT2D eigenvalue weighted by Crippen LogP contribution is -2.50. The molecule has 1 fully saturated rings. The van der Waals surface area contributed by atoms with Crippen LogP contribution in [-0.4, -0.2) is 24.1 Å². The highest BCUT2D eigenvalue weighted by Gasteiger charge is 2.72. The van der Waals surface area contributed by atoms with Crippen molar-refractivity contribution >= 4 is 17.5 Å². The second-order valence-corrected chi connectivity index (χ2v) is 6.27. The second kappa shape index (κ2) is 5.05. The van der Waals surface area contributed by atoms with E-state index in [0.717, 1.165) is 0 Å². The summed E-state index contributed by atoms with van der Waals surface area (Å²) in [5.41, 5.74) is -3.35. The fraction of sp³-hybridized carbons (Fsp3) is 0.688. The minimum absolute atomic E-state index is 0.158. The number of hydrogen-bond acceptors (Lipinski definition) is 4. The number of ether oxygens (including phenoxy) is 1. The standard InChI is InChI=1S/C16H22O4/c1-7-9-15(5)12(18)11(17)14(3,4)16(15,6)13(19)20-10-8-2/h2H,7,9-10H2,1,3-6H3. The maximum atomic E-state index is 12.5. The molecular weight excluding hydrogens is 256 g/mol. The Kier molecular flexibility index (Phi) is 4.14.